The average molecular weight is 389 g/mol. The molecule has 6 heteroatoms. The van der Waals surface area contributed by atoms with Crippen LogP contribution < -0.4 is 15.0 Å². The Bertz CT molecular complexity index is 1040. The Morgan fingerprint density at radius 1 is 1.17 bits per heavy atom. The Morgan fingerprint density at radius 3 is 2.86 bits per heavy atom. The molecule has 148 valence electrons. The summed E-state index contributed by atoms with van der Waals surface area (Å²) in [4.78, 5) is 31.4. The highest BCUT2D eigenvalue weighted by Crippen LogP contribution is 2.30. The summed E-state index contributed by atoms with van der Waals surface area (Å²) in [5, 5.41) is 3.94. The molecular formula is C23H23N3O3. The third-order valence-electron chi connectivity index (χ3n) is 5.28. The number of aromatic nitrogens is 1. The van der Waals surface area contributed by atoms with E-state index in [1.807, 2.05) is 54.6 Å². The fraction of sp³-hybridized carbons (Fsp3) is 0.261. The summed E-state index contributed by atoms with van der Waals surface area (Å²) in [5.74, 6) is 0.309. The number of ether oxygens (including phenoxy) is 1. The molecule has 0 aliphatic carbocycles. The topological polar surface area (TPSA) is 71.5 Å². The van der Waals surface area contributed by atoms with Gasteiger partial charge in [0.25, 0.3) is 0 Å². The number of carbonyl (C=O) groups excluding carboxylic acids is 2. The SMILES string of the molecule is COc1ccccc1CCNC(=O)C1CC(=O)N(c2cccc3cccnc23)C1. The number of nitrogens with one attached hydrogen (secondary N) is 1. The third-order valence-corrected chi connectivity index (χ3v) is 5.28. The van der Waals surface area contributed by atoms with Gasteiger partial charge in [0.15, 0.2) is 0 Å². The van der Waals surface area contributed by atoms with E-state index in [1.165, 1.54) is 0 Å². The van der Waals surface area contributed by atoms with Crippen LogP contribution in [0.4, 0.5) is 5.69 Å². The van der Waals surface area contributed by atoms with Crippen LogP contribution in [-0.4, -0.2) is 37.0 Å². The number of carbonyl (C=O) groups is 2. The van der Waals surface area contributed by atoms with Gasteiger partial charge in [0, 0.05) is 31.1 Å². The third kappa shape index (κ3) is 3.92. The minimum absolute atomic E-state index is 0.0481. The van der Waals surface area contributed by atoms with E-state index in [0.717, 1.165) is 27.9 Å². The Labute approximate surface area is 169 Å². The first-order valence-corrected chi connectivity index (χ1v) is 9.71. The highest BCUT2D eigenvalue weighted by Gasteiger charge is 2.35. The first kappa shape index (κ1) is 18.9. The lowest BCUT2D eigenvalue weighted by Gasteiger charge is -2.18. The number of hydrogen-bond acceptors (Lipinski definition) is 4. The van der Waals surface area contributed by atoms with Gasteiger partial charge in [-0.25, -0.2) is 0 Å². The zero-order chi connectivity index (χ0) is 20.2. The van der Waals surface area contributed by atoms with Crippen molar-refractivity contribution in [3.05, 3.63) is 66.4 Å². The van der Waals surface area contributed by atoms with Crippen LogP contribution in [0.15, 0.2) is 60.8 Å². The molecule has 1 unspecified atom stereocenters. The molecule has 0 saturated carbocycles. The maximum absolute atomic E-state index is 12.6. The predicted molar refractivity (Wildman–Crippen MR) is 112 cm³/mol. The smallest absolute Gasteiger partial charge is 0.227 e. The molecular weight excluding hydrogens is 366 g/mol. The maximum atomic E-state index is 12.6. The minimum Gasteiger partial charge on any atom is -0.496 e. The van der Waals surface area contributed by atoms with Gasteiger partial charge < -0.3 is 15.0 Å². The lowest BCUT2D eigenvalue weighted by atomic mass is 10.1. The van der Waals surface area contributed by atoms with Gasteiger partial charge >= 0.3 is 0 Å². The minimum atomic E-state index is -0.362. The summed E-state index contributed by atoms with van der Waals surface area (Å²) in [7, 11) is 1.64. The van der Waals surface area contributed by atoms with Crippen molar-refractivity contribution in [1.29, 1.82) is 0 Å². The quantitative estimate of drug-likeness (QED) is 0.704. The van der Waals surface area contributed by atoms with Crippen LogP contribution in [0, 0.1) is 5.92 Å². The Balaban J connectivity index is 1.40. The van der Waals surface area contributed by atoms with Gasteiger partial charge in [0.1, 0.15) is 5.75 Å². The van der Waals surface area contributed by atoms with Crippen molar-refractivity contribution in [3.8, 4) is 5.75 Å². The van der Waals surface area contributed by atoms with E-state index in [9.17, 15) is 9.59 Å². The van der Waals surface area contributed by atoms with Crippen molar-refractivity contribution in [2.45, 2.75) is 12.8 Å². The Morgan fingerprint density at radius 2 is 2.00 bits per heavy atom. The molecule has 3 aromatic rings. The molecule has 2 heterocycles. The number of hydrogen-bond donors (Lipinski definition) is 1. The van der Waals surface area contributed by atoms with E-state index in [1.54, 1.807) is 18.2 Å². The first-order valence-electron chi connectivity index (χ1n) is 9.71. The molecule has 0 spiro atoms. The highest BCUT2D eigenvalue weighted by molar-refractivity contribution is 6.05. The monoisotopic (exact) mass is 389 g/mol. The van der Waals surface area contributed by atoms with Crippen LogP contribution in [0.2, 0.25) is 0 Å². The summed E-state index contributed by atoms with van der Waals surface area (Å²) in [5.41, 5.74) is 2.58. The predicted octanol–water partition coefficient (Wildman–Crippen LogP) is 2.96. The van der Waals surface area contributed by atoms with Crippen molar-refractivity contribution in [1.82, 2.24) is 10.3 Å². The Kier molecular flexibility index (Phi) is 5.42. The zero-order valence-corrected chi connectivity index (χ0v) is 16.3. The first-order chi connectivity index (χ1) is 14.2. The summed E-state index contributed by atoms with van der Waals surface area (Å²) in [6.07, 6.45) is 2.60. The fourth-order valence-electron chi connectivity index (χ4n) is 3.80. The molecule has 0 radical (unpaired) electrons. The normalized spacial score (nSPS) is 16.2. The average Bonchev–Trinajstić information content (AvgIpc) is 3.15. The molecule has 2 amide bonds. The lowest BCUT2D eigenvalue weighted by molar-refractivity contribution is -0.126. The second-order valence-electron chi connectivity index (χ2n) is 7.11. The molecule has 1 aliphatic rings. The summed E-state index contributed by atoms with van der Waals surface area (Å²) in [6, 6.07) is 17.4. The zero-order valence-electron chi connectivity index (χ0n) is 16.3. The Hall–Kier alpha value is -3.41. The van der Waals surface area contributed by atoms with Gasteiger partial charge in [0.05, 0.1) is 24.2 Å². The largest absolute Gasteiger partial charge is 0.496 e. The summed E-state index contributed by atoms with van der Waals surface area (Å²) in [6.45, 7) is 0.870. The molecule has 1 saturated heterocycles. The molecule has 6 nitrogen and oxygen atoms in total. The van der Waals surface area contributed by atoms with E-state index in [0.29, 0.717) is 19.5 Å². The number of benzene rings is 2. The van der Waals surface area contributed by atoms with E-state index in [2.05, 4.69) is 10.3 Å². The number of fused-ring (bicyclic) bond motifs is 1. The van der Waals surface area contributed by atoms with Gasteiger partial charge in [-0.1, -0.05) is 36.4 Å². The summed E-state index contributed by atoms with van der Waals surface area (Å²) >= 11 is 0. The van der Waals surface area contributed by atoms with Crippen molar-refractivity contribution < 1.29 is 14.3 Å². The molecule has 4 rings (SSSR count). The number of anilines is 1. The number of pyridine rings is 1. The van der Waals surface area contributed by atoms with Crippen LogP contribution in [0.25, 0.3) is 10.9 Å². The van der Waals surface area contributed by atoms with Crippen molar-refractivity contribution in [2.24, 2.45) is 5.92 Å². The van der Waals surface area contributed by atoms with Crippen molar-refractivity contribution >= 4 is 28.4 Å². The molecule has 1 N–H and O–H groups in total. The van der Waals surface area contributed by atoms with Crippen molar-refractivity contribution in [2.75, 3.05) is 25.1 Å². The van der Waals surface area contributed by atoms with Gasteiger partial charge in [-0.05, 0) is 30.2 Å². The van der Waals surface area contributed by atoms with Crippen molar-refractivity contribution in [3.63, 3.8) is 0 Å². The molecule has 29 heavy (non-hydrogen) atoms. The second kappa shape index (κ2) is 8.31. The van der Waals surface area contributed by atoms with Gasteiger partial charge in [-0.2, -0.15) is 0 Å². The molecule has 1 fully saturated rings. The molecule has 1 atom stereocenters. The lowest BCUT2D eigenvalue weighted by Crippen LogP contribution is -2.34. The second-order valence-corrected chi connectivity index (χ2v) is 7.11. The summed E-state index contributed by atoms with van der Waals surface area (Å²) < 4.78 is 5.34. The van der Waals surface area contributed by atoms with Crippen LogP contribution >= 0.6 is 0 Å². The van der Waals surface area contributed by atoms with E-state index in [4.69, 9.17) is 4.74 Å². The van der Waals surface area contributed by atoms with Crippen LogP contribution in [0.5, 0.6) is 5.75 Å². The molecule has 2 aromatic carbocycles. The van der Waals surface area contributed by atoms with Crippen LogP contribution in [0.1, 0.15) is 12.0 Å². The number of methoxy groups -OCH3 is 1. The number of para-hydroxylation sites is 2. The van der Waals surface area contributed by atoms with Gasteiger partial charge in [0.2, 0.25) is 11.8 Å². The molecule has 1 aliphatic heterocycles. The van der Waals surface area contributed by atoms with E-state index >= 15 is 0 Å². The van der Waals surface area contributed by atoms with E-state index < -0.39 is 0 Å². The standard InChI is InChI=1S/C23H23N3O3/c1-29-20-10-3-2-6-16(20)11-13-25-23(28)18-14-21(27)26(15-18)19-9-4-7-17-8-5-12-24-22(17)19/h2-10,12,18H,11,13-15H2,1H3,(H,25,28). The van der Waals surface area contributed by atoms with Gasteiger partial charge in [-0.3, -0.25) is 14.6 Å². The number of nitrogens with zero attached hydrogens (tertiary/aromatic N) is 2. The van der Waals surface area contributed by atoms with Crippen LogP contribution in [0.3, 0.4) is 0 Å². The number of amides is 2. The maximum Gasteiger partial charge on any atom is 0.227 e. The highest BCUT2D eigenvalue weighted by atomic mass is 16.5. The number of rotatable bonds is 6. The van der Waals surface area contributed by atoms with Crippen LogP contribution in [-0.2, 0) is 16.0 Å². The molecule has 0 bridgehead atoms. The van der Waals surface area contributed by atoms with E-state index in [-0.39, 0.29) is 24.2 Å². The molecule has 1 aromatic heterocycles. The van der Waals surface area contributed by atoms with Gasteiger partial charge in [-0.15, -0.1) is 0 Å². The fourth-order valence-corrected chi connectivity index (χ4v) is 3.80.